The van der Waals surface area contributed by atoms with Crippen molar-refractivity contribution in [3.8, 4) is 0 Å². The number of carbonyl (C=O) groups is 2. The second-order valence-electron chi connectivity index (χ2n) is 10.3. The molecule has 32 heavy (non-hydrogen) atoms. The first-order chi connectivity index (χ1) is 15.0. The van der Waals surface area contributed by atoms with Crippen LogP contribution in [-0.2, 0) is 19.2 Å². The molecule has 182 valence electrons. The molecule has 7 nitrogen and oxygen atoms in total. The van der Waals surface area contributed by atoms with Crippen molar-refractivity contribution in [2.45, 2.75) is 91.5 Å². The molecule has 0 saturated heterocycles. The summed E-state index contributed by atoms with van der Waals surface area (Å²) in [5.41, 5.74) is 0.687. The fourth-order valence-electron chi connectivity index (χ4n) is 4.80. The molecular formula is C25H41NO6. The Morgan fingerprint density at radius 2 is 1.94 bits per heavy atom. The molecule has 0 unspecified atom stereocenters. The molecule has 2 aliphatic carbocycles. The van der Waals surface area contributed by atoms with Crippen molar-refractivity contribution in [2.24, 2.45) is 35.0 Å². The minimum absolute atomic E-state index is 0.0829. The molecule has 0 spiro atoms. The molecule has 0 aromatic rings. The first-order valence-corrected chi connectivity index (χ1v) is 11.8. The largest absolute Gasteiger partial charge is 0.461 e. The van der Waals surface area contributed by atoms with Gasteiger partial charge in [0.15, 0.2) is 0 Å². The summed E-state index contributed by atoms with van der Waals surface area (Å²) in [6, 6.07) is 0. The van der Waals surface area contributed by atoms with E-state index in [1.165, 1.54) is 5.57 Å². The molecule has 0 aliphatic heterocycles. The lowest BCUT2D eigenvalue weighted by atomic mass is 9.65. The number of allylic oxidation sites excluding steroid dienone is 3. The van der Waals surface area contributed by atoms with Gasteiger partial charge >= 0.3 is 11.9 Å². The second-order valence-corrected chi connectivity index (χ2v) is 10.3. The van der Waals surface area contributed by atoms with Crippen LogP contribution in [0.1, 0.15) is 73.1 Å². The lowest BCUT2D eigenvalue weighted by molar-refractivity contribution is -0.164. The van der Waals surface area contributed by atoms with Crippen LogP contribution in [0.3, 0.4) is 0 Å². The molecule has 0 amide bonds. The Labute approximate surface area is 192 Å². The molecule has 7 atom stereocenters. The summed E-state index contributed by atoms with van der Waals surface area (Å²) < 4.78 is 6.11. The minimum atomic E-state index is -0.999. The van der Waals surface area contributed by atoms with Gasteiger partial charge < -0.3 is 19.8 Å². The fraction of sp³-hybridized carbons (Fsp3) is 0.760. The van der Waals surface area contributed by atoms with Crippen molar-refractivity contribution in [3.63, 3.8) is 0 Å². The Bertz CT molecular complexity index is 715. The van der Waals surface area contributed by atoms with Gasteiger partial charge in [0.25, 0.3) is 0 Å². The zero-order valence-corrected chi connectivity index (χ0v) is 20.1. The van der Waals surface area contributed by atoms with E-state index in [-0.39, 0.29) is 42.7 Å². The number of aliphatic hydroxyl groups excluding tert-OH is 2. The van der Waals surface area contributed by atoms with Gasteiger partial charge in [-0.05, 0) is 69.3 Å². The molecule has 0 heterocycles. The van der Waals surface area contributed by atoms with Gasteiger partial charge in [0.05, 0.1) is 24.0 Å². The quantitative estimate of drug-likeness (QED) is 0.344. The highest BCUT2D eigenvalue weighted by atomic mass is 16.7. The third-order valence-electron chi connectivity index (χ3n) is 7.20. The van der Waals surface area contributed by atoms with Crippen LogP contribution >= 0.6 is 0 Å². The fourth-order valence-corrected chi connectivity index (χ4v) is 4.80. The molecule has 7 heteroatoms. The number of rotatable bonds is 10. The number of nitrogens with two attached hydrogens (primary N) is 1. The van der Waals surface area contributed by atoms with E-state index in [0.717, 1.165) is 12.8 Å². The topological polar surface area (TPSA) is 119 Å². The maximum atomic E-state index is 12.9. The van der Waals surface area contributed by atoms with Crippen molar-refractivity contribution >= 4 is 11.9 Å². The zero-order chi connectivity index (χ0) is 24.1. The van der Waals surface area contributed by atoms with E-state index in [4.69, 9.17) is 10.6 Å². The van der Waals surface area contributed by atoms with E-state index >= 15 is 0 Å². The van der Waals surface area contributed by atoms with E-state index < -0.39 is 23.6 Å². The summed E-state index contributed by atoms with van der Waals surface area (Å²) in [5, 5.41) is 20.4. The number of hydrogen-bond donors (Lipinski definition) is 3. The number of carbonyl (C=O) groups excluding carboxylic acids is 2. The Hall–Kier alpha value is -1.70. The van der Waals surface area contributed by atoms with E-state index in [1.54, 1.807) is 0 Å². The molecular weight excluding hydrogens is 410 g/mol. The first-order valence-electron chi connectivity index (χ1n) is 11.8. The van der Waals surface area contributed by atoms with Crippen LogP contribution < -0.4 is 5.90 Å². The van der Waals surface area contributed by atoms with Crippen molar-refractivity contribution in [2.75, 3.05) is 0 Å². The average molecular weight is 452 g/mol. The Morgan fingerprint density at radius 3 is 2.56 bits per heavy atom. The summed E-state index contributed by atoms with van der Waals surface area (Å²) in [4.78, 5) is 28.1. The summed E-state index contributed by atoms with van der Waals surface area (Å²) >= 11 is 0. The molecule has 2 aliphatic rings. The van der Waals surface area contributed by atoms with E-state index in [1.807, 2.05) is 20.8 Å². The number of aliphatic hydroxyl groups is 2. The third-order valence-corrected chi connectivity index (χ3v) is 7.20. The average Bonchev–Trinajstić information content (AvgIpc) is 2.72. The minimum Gasteiger partial charge on any atom is -0.461 e. The predicted molar refractivity (Wildman–Crippen MR) is 122 cm³/mol. The number of fused-ring (bicyclic) bond motifs is 1. The standard InChI is InChI=1S/C25H41NO6/c1-6-25(4,5)24(30)31-21-12-15(2)11-17-8-7-16(3)20(23(17)21)10-9-18(27)13-19(28)14-22(29)32-26/h7-8,11,15-16,18-21,23,27-28H,6,9-10,12-14,26H2,1-5H3/t15-,16-,18+,19+,20-,21-,23-/m0/s1. The monoisotopic (exact) mass is 451 g/mol. The number of esters is 1. The number of hydrogen-bond acceptors (Lipinski definition) is 7. The maximum Gasteiger partial charge on any atom is 0.327 e. The van der Waals surface area contributed by atoms with Crippen LogP contribution in [0.5, 0.6) is 0 Å². The molecule has 0 saturated carbocycles. The van der Waals surface area contributed by atoms with Crippen molar-refractivity contribution in [1.29, 1.82) is 0 Å². The second kappa shape index (κ2) is 11.4. The molecule has 0 fully saturated rings. The van der Waals surface area contributed by atoms with Crippen LogP contribution in [-0.4, -0.2) is 40.5 Å². The summed E-state index contributed by atoms with van der Waals surface area (Å²) in [6.45, 7) is 10.1. The van der Waals surface area contributed by atoms with Crippen LogP contribution in [0.25, 0.3) is 0 Å². The van der Waals surface area contributed by atoms with Crippen molar-refractivity contribution in [1.82, 2.24) is 0 Å². The highest BCUT2D eigenvalue weighted by Gasteiger charge is 2.42. The normalized spacial score (nSPS) is 29.5. The van der Waals surface area contributed by atoms with Crippen LogP contribution in [0.2, 0.25) is 0 Å². The SMILES string of the molecule is CCC(C)(C)C(=O)O[C@H]1C[C@@H](C)C=C2C=C[C@H](C)[C@H](CC[C@@H](O)C[C@@H](O)CC(=O)ON)[C@H]21. The molecule has 0 bridgehead atoms. The molecule has 2 rings (SSSR count). The van der Waals surface area contributed by atoms with Gasteiger partial charge in [0, 0.05) is 5.92 Å². The van der Waals surface area contributed by atoms with E-state index in [2.05, 4.69) is 36.9 Å². The van der Waals surface area contributed by atoms with Gasteiger partial charge in [0.2, 0.25) is 0 Å². The maximum absolute atomic E-state index is 12.9. The molecule has 0 radical (unpaired) electrons. The van der Waals surface area contributed by atoms with E-state index in [9.17, 15) is 19.8 Å². The highest BCUT2D eigenvalue weighted by molar-refractivity contribution is 5.76. The van der Waals surface area contributed by atoms with Gasteiger partial charge in [-0.15, -0.1) is 0 Å². The summed E-state index contributed by atoms with van der Waals surface area (Å²) in [5.74, 6) is 4.84. The van der Waals surface area contributed by atoms with Crippen molar-refractivity contribution in [3.05, 3.63) is 23.8 Å². The summed E-state index contributed by atoms with van der Waals surface area (Å²) in [7, 11) is 0. The van der Waals surface area contributed by atoms with Gasteiger partial charge in [-0.25, -0.2) is 0 Å². The predicted octanol–water partition coefficient (Wildman–Crippen LogP) is 3.44. The highest BCUT2D eigenvalue weighted by Crippen LogP contribution is 2.45. The van der Waals surface area contributed by atoms with Gasteiger partial charge in [-0.3, -0.25) is 9.59 Å². The smallest absolute Gasteiger partial charge is 0.327 e. The lowest BCUT2D eigenvalue weighted by Gasteiger charge is -2.44. The van der Waals surface area contributed by atoms with E-state index in [0.29, 0.717) is 18.8 Å². The van der Waals surface area contributed by atoms with Gasteiger partial charge in [0.1, 0.15) is 6.10 Å². The molecule has 0 aromatic carbocycles. The van der Waals surface area contributed by atoms with Gasteiger partial charge in [-0.1, -0.05) is 39.0 Å². The number of ether oxygens (including phenoxy) is 1. The Kier molecular flexibility index (Phi) is 9.49. The van der Waals surface area contributed by atoms with Crippen molar-refractivity contribution < 1.29 is 29.4 Å². The molecule has 0 aromatic heterocycles. The van der Waals surface area contributed by atoms with Crippen LogP contribution in [0.15, 0.2) is 23.8 Å². The molecule has 4 N–H and O–H groups in total. The van der Waals surface area contributed by atoms with Gasteiger partial charge in [-0.2, -0.15) is 5.90 Å². The Morgan fingerprint density at radius 1 is 1.25 bits per heavy atom. The lowest BCUT2D eigenvalue weighted by Crippen LogP contribution is -2.43. The summed E-state index contributed by atoms with van der Waals surface area (Å²) in [6.07, 6.45) is 7.24. The Balaban J connectivity index is 2.10. The first kappa shape index (κ1) is 26.6. The third kappa shape index (κ3) is 6.90. The van der Waals surface area contributed by atoms with Crippen LogP contribution in [0.4, 0.5) is 0 Å². The zero-order valence-electron chi connectivity index (χ0n) is 20.1. The van der Waals surface area contributed by atoms with Crippen LogP contribution in [0, 0.1) is 29.1 Å².